The lowest BCUT2D eigenvalue weighted by Gasteiger charge is -2.34. The Morgan fingerprint density at radius 3 is 1.66 bits per heavy atom. The van der Waals surface area contributed by atoms with Crippen LogP contribution in [0.1, 0.15) is 46.5 Å². The number of carbonyl (C=O) groups is 1. The van der Waals surface area contributed by atoms with E-state index in [9.17, 15) is 4.79 Å². The van der Waals surface area contributed by atoms with Crippen molar-refractivity contribution < 1.29 is 33.2 Å². The smallest absolute Gasteiger partial charge is 0.248 e. The van der Waals surface area contributed by atoms with Crippen LogP contribution in [0.3, 0.4) is 0 Å². The number of ether oxygens (including phenoxy) is 6. The first-order chi connectivity index (χ1) is 18.6. The van der Waals surface area contributed by atoms with Crippen molar-refractivity contribution in [3.05, 3.63) is 48.5 Å². The van der Waals surface area contributed by atoms with Crippen LogP contribution in [0.5, 0.6) is 23.0 Å². The zero-order chi connectivity index (χ0) is 27.1. The number of carbonyl (C=O) groups excluding carboxylic acids is 1. The van der Waals surface area contributed by atoms with Crippen molar-refractivity contribution in [2.75, 3.05) is 59.3 Å². The van der Waals surface area contributed by atoms with E-state index in [0.29, 0.717) is 68.9 Å². The van der Waals surface area contributed by atoms with Crippen molar-refractivity contribution in [2.24, 2.45) is 0 Å². The van der Waals surface area contributed by atoms with Gasteiger partial charge < -0.3 is 33.3 Å². The second-order valence-corrected chi connectivity index (χ2v) is 9.38. The maximum Gasteiger partial charge on any atom is 0.248 e. The number of rotatable bonds is 9. The Kier molecular flexibility index (Phi) is 12.5. The monoisotopic (exact) mass is 529 g/mol. The highest BCUT2D eigenvalue weighted by Crippen LogP contribution is 2.32. The minimum Gasteiger partial charge on any atom is -0.487 e. The van der Waals surface area contributed by atoms with E-state index >= 15 is 0 Å². The second-order valence-electron chi connectivity index (χ2n) is 9.38. The van der Waals surface area contributed by atoms with Gasteiger partial charge >= 0.3 is 0 Å². The Morgan fingerprint density at radius 1 is 0.737 bits per heavy atom. The third-order valence-electron chi connectivity index (χ3n) is 6.20. The summed E-state index contributed by atoms with van der Waals surface area (Å²) >= 11 is 0. The van der Waals surface area contributed by atoms with Gasteiger partial charge in [-0.15, -0.1) is 0 Å². The van der Waals surface area contributed by atoms with Gasteiger partial charge in [0.15, 0.2) is 23.0 Å². The molecule has 8 heteroatoms. The van der Waals surface area contributed by atoms with Gasteiger partial charge in [0.1, 0.15) is 38.6 Å². The van der Waals surface area contributed by atoms with Gasteiger partial charge in [0.05, 0.1) is 13.2 Å². The van der Waals surface area contributed by atoms with Crippen molar-refractivity contribution in [3.8, 4) is 23.0 Å². The molecule has 0 unspecified atom stereocenters. The molecule has 8 nitrogen and oxygen atoms in total. The molecule has 0 saturated heterocycles. The minimum absolute atomic E-state index is 0.0243. The fourth-order valence-corrected chi connectivity index (χ4v) is 4.32. The fraction of sp³-hybridized carbons (Fsp3) is 0.567. The summed E-state index contributed by atoms with van der Waals surface area (Å²) in [6.07, 6.45) is 3.26. The molecular formula is C30H43NO7. The summed E-state index contributed by atoms with van der Waals surface area (Å²) in [5, 5.41) is 0. The molecule has 1 aliphatic rings. The molecule has 2 aromatic carbocycles. The van der Waals surface area contributed by atoms with Crippen molar-refractivity contribution >= 4 is 5.91 Å². The molecule has 0 N–H and O–H groups in total. The third kappa shape index (κ3) is 9.10. The van der Waals surface area contributed by atoms with Crippen molar-refractivity contribution in [2.45, 2.75) is 52.1 Å². The van der Waals surface area contributed by atoms with Crippen molar-refractivity contribution in [1.82, 2.24) is 4.90 Å². The lowest BCUT2D eigenvalue weighted by Crippen LogP contribution is -2.47. The molecule has 3 rings (SSSR count). The first-order valence-electron chi connectivity index (χ1n) is 13.8. The topological polar surface area (TPSA) is 75.7 Å². The molecule has 38 heavy (non-hydrogen) atoms. The van der Waals surface area contributed by atoms with E-state index in [-0.39, 0.29) is 25.7 Å². The second kappa shape index (κ2) is 16.1. The number of hydrogen-bond acceptors (Lipinski definition) is 7. The lowest BCUT2D eigenvalue weighted by molar-refractivity contribution is -0.151. The van der Waals surface area contributed by atoms with Crippen LogP contribution in [0.2, 0.25) is 0 Å². The van der Waals surface area contributed by atoms with Gasteiger partial charge in [-0.25, -0.2) is 0 Å². The Balaban J connectivity index is 1.87. The molecule has 1 aliphatic heterocycles. The summed E-state index contributed by atoms with van der Waals surface area (Å²) in [4.78, 5) is 15.0. The van der Waals surface area contributed by atoms with Crippen LogP contribution in [-0.4, -0.2) is 75.7 Å². The van der Waals surface area contributed by atoms with Gasteiger partial charge in [0.2, 0.25) is 5.91 Å². The highest BCUT2D eigenvalue weighted by atomic mass is 16.6. The summed E-state index contributed by atoms with van der Waals surface area (Å²) in [6, 6.07) is 15.1. The van der Waals surface area contributed by atoms with E-state index < -0.39 is 5.60 Å². The zero-order valence-electron chi connectivity index (χ0n) is 23.1. The predicted molar refractivity (Wildman–Crippen MR) is 146 cm³/mol. The number of fused-ring (bicyclic) bond motifs is 2. The molecule has 0 aliphatic carbocycles. The van der Waals surface area contributed by atoms with E-state index in [1.807, 2.05) is 53.4 Å². The van der Waals surface area contributed by atoms with Gasteiger partial charge in [0, 0.05) is 13.1 Å². The molecule has 0 bridgehead atoms. The lowest BCUT2D eigenvalue weighted by atomic mass is 9.99. The standard InChI is InChI=1S/C30H43NO7/c1-4-15-30(38-22-29(32)31(16-5-2)17-6-3)23-36-27-13-9-7-11-25(27)34-20-18-33-19-21-35-26-12-8-10-14-28(26)37-24-30/h7-14H,4-6,15-24H2,1-3H3. The average molecular weight is 530 g/mol. The van der Waals surface area contributed by atoms with Crippen LogP contribution in [0.4, 0.5) is 0 Å². The van der Waals surface area contributed by atoms with Gasteiger partial charge in [-0.1, -0.05) is 51.5 Å². The molecule has 2 aromatic rings. The maximum atomic E-state index is 13.1. The van der Waals surface area contributed by atoms with E-state index in [4.69, 9.17) is 28.4 Å². The normalized spacial score (nSPS) is 16.0. The Hall–Kier alpha value is -2.97. The SMILES string of the molecule is CCCN(CCC)C(=O)COC1(CCC)COc2ccccc2OCCOCCOc2ccccc2OC1. The van der Waals surface area contributed by atoms with Gasteiger partial charge in [0.25, 0.3) is 0 Å². The molecular weight excluding hydrogens is 486 g/mol. The summed E-state index contributed by atoms with van der Waals surface area (Å²) in [6.45, 7) is 9.61. The van der Waals surface area contributed by atoms with E-state index in [1.54, 1.807) is 0 Å². The minimum atomic E-state index is -0.866. The largest absolute Gasteiger partial charge is 0.487 e. The Labute approximate surface area is 227 Å². The molecule has 0 atom stereocenters. The maximum absolute atomic E-state index is 13.1. The van der Waals surface area contributed by atoms with E-state index in [2.05, 4.69) is 20.8 Å². The van der Waals surface area contributed by atoms with Crippen molar-refractivity contribution in [3.63, 3.8) is 0 Å². The Morgan fingerprint density at radius 2 is 1.21 bits per heavy atom. The third-order valence-corrected chi connectivity index (χ3v) is 6.20. The average Bonchev–Trinajstić information content (AvgIpc) is 2.93. The van der Waals surface area contributed by atoms with Crippen LogP contribution in [0, 0.1) is 0 Å². The van der Waals surface area contributed by atoms with Crippen LogP contribution >= 0.6 is 0 Å². The number of para-hydroxylation sites is 4. The van der Waals surface area contributed by atoms with Crippen LogP contribution in [-0.2, 0) is 14.3 Å². The van der Waals surface area contributed by atoms with Gasteiger partial charge in [-0.2, -0.15) is 0 Å². The number of nitrogens with zero attached hydrogens (tertiary/aromatic N) is 1. The summed E-state index contributed by atoms with van der Waals surface area (Å²) in [5.74, 6) is 2.45. The molecule has 1 amide bonds. The molecule has 210 valence electrons. The summed E-state index contributed by atoms with van der Waals surface area (Å²) < 4.78 is 36.6. The quantitative estimate of drug-likeness (QED) is 0.445. The summed E-state index contributed by atoms with van der Waals surface area (Å²) in [5.41, 5.74) is -0.866. The van der Waals surface area contributed by atoms with Gasteiger partial charge in [-0.05, 0) is 43.5 Å². The van der Waals surface area contributed by atoms with Crippen LogP contribution in [0.15, 0.2) is 48.5 Å². The van der Waals surface area contributed by atoms with E-state index in [1.165, 1.54) is 0 Å². The van der Waals surface area contributed by atoms with Gasteiger partial charge in [-0.3, -0.25) is 4.79 Å². The van der Waals surface area contributed by atoms with Crippen LogP contribution in [0.25, 0.3) is 0 Å². The molecule has 0 fully saturated rings. The number of hydrogen-bond donors (Lipinski definition) is 0. The molecule has 0 aromatic heterocycles. The van der Waals surface area contributed by atoms with E-state index in [0.717, 1.165) is 19.3 Å². The molecule has 0 radical (unpaired) electrons. The molecule has 1 heterocycles. The number of amides is 1. The highest BCUT2D eigenvalue weighted by molar-refractivity contribution is 5.77. The first-order valence-corrected chi connectivity index (χ1v) is 13.8. The predicted octanol–water partition coefficient (Wildman–Crippen LogP) is 5.14. The fourth-order valence-electron chi connectivity index (χ4n) is 4.32. The number of benzene rings is 2. The first kappa shape index (κ1) is 29.6. The molecule has 0 spiro atoms. The van der Waals surface area contributed by atoms with Crippen molar-refractivity contribution in [1.29, 1.82) is 0 Å². The summed E-state index contributed by atoms with van der Waals surface area (Å²) in [7, 11) is 0. The zero-order valence-corrected chi connectivity index (χ0v) is 23.1. The highest BCUT2D eigenvalue weighted by Gasteiger charge is 2.35. The molecule has 0 saturated carbocycles. The Bertz CT molecular complexity index is 906. The van der Waals surface area contributed by atoms with Crippen LogP contribution < -0.4 is 18.9 Å².